The summed E-state index contributed by atoms with van der Waals surface area (Å²) in [6, 6.07) is 8.76. The van der Waals surface area contributed by atoms with Crippen LogP contribution in [0.1, 0.15) is 26.2 Å². The molecule has 1 aromatic heterocycles. The van der Waals surface area contributed by atoms with Crippen molar-refractivity contribution < 1.29 is 0 Å². The minimum atomic E-state index is 1.08. The summed E-state index contributed by atoms with van der Waals surface area (Å²) in [5.74, 6) is 0. The molecule has 0 spiro atoms. The number of hydrogen-bond donors (Lipinski definition) is 0. The van der Waals surface area contributed by atoms with Gasteiger partial charge in [-0.3, -0.25) is 0 Å². The van der Waals surface area contributed by atoms with E-state index in [1.165, 1.54) is 32.7 Å². The van der Waals surface area contributed by atoms with Gasteiger partial charge in [-0.15, -0.1) is 11.3 Å². The summed E-state index contributed by atoms with van der Waals surface area (Å²) in [7, 11) is 0. The topological polar surface area (TPSA) is 0 Å². The monoisotopic (exact) mass is 266 g/mol. The van der Waals surface area contributed by atoms with E-state index in [1.807, 2.05) is 11.3 Å². The van der Waals surface area contributed by atoms with Gasteiger partial charge in [0.2, 0.25) is 0 Å². The number of allylic oxidation sites excluding steroid dienone is 4. The molecule has 0 aliphatic heterocycles. The van der Waals surface area contributed by atoms with E-state index in [1.54, 1.807) is 5.57 Å². The summed E-state index contributed by atoms with van der Waals surface area (Å²) in [4.78, 5) is 0. The summed E-state index contributed by atoms with van der Waals surface area (Å²) < 4.78 is 2.93. The highest BCUT2D eigenvalue weighted by atomic mass is 32.1. The van der Waals surface area contributed by atoms with Crippen LogP contribution in [0, 0.1) is 0 Å². The zero-order valence-corrected chi connectivity index (χ0v) is 12.0. The summed E-state index contributed by atoms with van der Waals surface area (Å²) in [5, 5.41) is 2.90. The van der Waals surface area contributed by atoms with E-state index >= 15 is 0 Å². The van der Waals surface area contributed by atoms with E-state index in [9.17, 15) is 0 Å². The minimum absolute atomic E-state index is 1.08. The molecule has 0 radical (unpaired) electrons. The van der Waals surface area contributed by atoms with Crippen molar-refractivity contribution in [1.29, 1.82) is 0 Å². The molecular formula is C18H18S. The van der Waals surface area contributed by atoms with E-state index in [0.29, 0.717) is 0 Å². The van der Waals surface area contributed by atoms with Crippen LogP contribution in [0.15, 0.2) is 48.6 Å². The molecule has 1 aliphatic rings. The fourth-order valence-corrected chi connectivity index (χ4v) is 3.92. The van der Waals surface area contributed by atoms with E-state index in [2.05, 4.69) is 61.6 Å². The van der Waals surface area contributed by atoms with E-state index < -0.39 is 0 Å². The van der Waals surface area contributed by atoms with Crippen molar-refractivity contribution in [3.63, 3.8) is 0 Å². The molecule has 0 saturated carbocycles. The summed E-state index contributed by atoms with van der Waals surface area (Å²) in [6.45, 7) is 2.05. The second-order valence-electron chi connectivity index (χ2n) is 4.85. The van der Waals surface area contributed by atoms with Gasteiger partial charge >= 0.3 is 0 Å². The lowest BCUT2D eigenvalue weighted by atomic mass is 10.0. The van der Waals surface area contributed by atoms with Crippen LogP contribution >= 0.6 is 11.3 Å². The predicted molar refractivity (Wildman–Crippen MR) is 86.8 cm³/mol. The van der Waals surface area contributed by atoms with Crippen LogP contribution in [0.3, 0.4) is 0 Å². The third kappa shape index (κ3) is 2.43. The van der Waals surface area contributed by atoms with Crippen molar-refractivity contribution in [3.8, 4) is 0 Å². The maximum absolute atomic E-state index is 2.41. The quantitative estimate of drug-likeness (QED) is 0.732. The molecule has 0 unspecified atom stereocenters. The number of hydrogen-bond acceptors (Lipinski definition) is 1. The molecule has 1 heterocycles. The molecule has 0 fully saturated rings. The van der Waals surface area contributed by atoms with Crippen LogP contribution in [0.4, 0.5) is 0 Å². The first kappa shape index (κ1) is 12.4. The van der Waals surface area contributed by atoms with Gasteiger partial charge in [-0.05, 0) is 48.4 Å². The van der Waals surface area contributed by atoms with Gasteiger partial charge in [0, 0.05) is 9.23 Å². The molecule has 96 valence electrons. The van der Waals surface area contributed by atoms with Gasteiger partial charge in [-0.1, -0.05) is 48.6 Å². The van der Waals surface area contributed by atoms with E-state index in [0.717, 1.165) is 6.42 Å². The van der Waals surface area contributed by atoms with Crippen LogP contribution in [0.25, 0.3) is 21.7 Å². The number of thiophene rings is 1. The van der Waals surface area contributed by atoms with Crippen LogP contribution in [-0.2, 0) is 0 Å². The molecule has 1 heteroatoms. The highest BCUT2D eigenvalue weighted by molar-refractivity contribution is 7.17. The summed E-state index contributed by atoms with van der Waals surface area (Å²) >= 11 is 1.95. The molecule has 1 aromatic carbocycles. The fourth-order valence-electron chi connectivity index (χ4n) is 2.63. The Hall–Kier alpha value is -1.60. The standard InChI is InChI=1S/C18H18S/c1-2-3-4-5-9-14-10-8-12-16-15-11-6-7-13-17(15)19-18(14)16/h2-7,11-13H,8-10H2,1H3/b3-2-,5-4-. The van der Waals surface area contributed by atoms with Crippen LogP contribution in [0.2, 0.25) is 0 Å². The molecule has 0 bridgehead atoms. The Morgan fingerprint density at radius 2 is 2.11 bits per heavy atom. The summed E-state index contributed by atoms with van der Waals surface area (Å²) in [5.41, 5.74) is 1.60. The van der Waals surface area contributed by atoms with Crippen LogP contribution in [0.5, 0.6) is 0 Å². The highest BCUT2D eigenvalue weighted by Gasteiger charge is 2.08. The van der Waals surface area contributed by atoms with Crippen molar-refractivity contribution in [2.75, 3.05) is 0 Å². The first-order chi connectivity index (χ1) is 9.40. The Kier molecular flexibility index (Phi) is 3.65. The molecule has 0 nitrogen and oxygen atoms in total. The van der Waals surface area contributed by atoms with E-state index in [-0.39, 0.29) is 0 Å². The van der Waals surface area contributed by atoms with Gasteiger partial charge in [0.25, 0.3) is 0 Å². The molecule has 19 heavy (non-hydrogen) atoms. The number of fused-ring (bicyclic) bond motifs is 3. The second kappa shape index (κ2) is 5.58. The van der Waals surface area contributed by atoms with Gasteiger partial charge < -0.3 is 0 Å². The molecule has 0 atom stereocenters. The Labute approximate surface area is 118 Å². The SMILES string of the molecule is C/C=C\C=C/CC1=c2sc3ccccc3c2=CCC1. The molecule has 0 saturated heterocycles. The normalized spacial score (nSPS) is 15.3. The maximum atomic E-state index is 2.41. The molecular weight excluding hydrogens is 248 g/mol. The average Bonchev–Trinajstić information content (AvgIpc) is 2.83. The molecule has 3 rings (SSSR count). The van der Waals surface area contributed by atoms with Crippen molar-refractivity contribution in [2.45, 2.75) is 26.2 Å². The first-order valence-corrected chi connectivity index (χ1v) is 7.69. The highest BCUT2D eigenvalue weighted by Crippen LogP contribution is 2.19. The van der Waals surface area contributed by atoms with Crippen molar-refractivity contribution >= 4 is 33.1 Å². The zero-order valence-electron chi connectivity index (χ0n) is 11.2. The molecule has 2 aromatic rings. The minimum Gasteiger partial charge on any atom is -0.135 e. The Morgan fingerprint density at radius 3 is 3.00 bits per heavy atom. The average molecular weight is 266 g/mol. The van der Waals surface area contributed by atoms with E-state index in [4.69, 9.17) is 0 Å². The molecule has 0 N–H and O–H groups in total. The lowest BCUT2D eigenvalue weighted by Crippen LogP contribution is -2.24. The second-order valence-corrected chi connectivity index (χ2v) is 5.90. The van der Waals surface area contributed by atoms with Gasteiger partial charge in [0.1, 0.15) is 0 Å². The van der Waals surface area contributed by atoms with Gasteiger partial charge in [0.15, 0.2) is 0 Å². The number of rotatable bonds is 3. The first-order valence-electron chi connectivity index (χ1n) is 6.88. The molecule has 1 aliphatic carbocycles. The number of benzene rings is 1. The molecule has 0 amide bonds. The lowest BCUT2D eigenvalue weighted by Gasteiger charge is -2.05. The Morgan fingerprint density at radius 1 is 1.21 bits per heavy atom. The van der Waals surface area contributed by atoms with Gasteiger partial charge in [-0.25, -0.2) is 0 Å². The fraction of sp³-hybridized carbons (Fsp3) is 0.222. The predicted octanol–water partition coefficient (Wildman–Crippen LogP) is 4.15. The Balaban J connectivity index is 2.12. The van der Waals surface area contributed by atoms with Gasteiger partial charge in [0.05, 0.1) is 0 Å². The third-order valence-corrected chi connectivity index (χ3v) is 4.84. The third-order valence-electron chi connectivity index (χ3n) is 3.55. The van der Waals surface area contributed by atoms with Crippen molar-refractivity contribution in [2.24, 2.45) is 0 Å². The van der Waals surface area contributed by atoms with Gasteiger partial charge in [-0.2, -0.15) is 0 Å². The van der Waals surface area contributed by atoms with Crippen LogP contribution in [-0.4, -0.2) is 0 Å². The Bertz CT molecular complexity index is 757. The largest absolute Gasteiger partial charge is 0.135 e. The van der Waals surface area contributed by atoms with Crippen molar-refractivity contribution in [1.82, 2.24) is 0 Å². The zero-order chi connectivity index (χ0) is 13.1. The van der Waals surface area contributed by atoms with Crippen LogP contribution < -0.4 is 9.75 Å². The van der Waals surface area contributed by atoms with Crippen molar-refractivity contribution in [3.05, 3.63) is 58.3 Å². The maximum Gasteiger partial charge on any atom is 0.0355 e. The summed E-state index contributed by atoms with van der Waals surface area (Å²) in [6.07, 6.45) is 14.5. The lowest BCUT2D eigenvalue weighted by molar-refractivity contribution is 1.05. The smallest absolute Gasteiger partial charge is 0.0355 e.